The third kappa shape index (κ3) is 5.53. The Balaban J connectivity index is 2.06. The molecule has 3 N–H and O–H groups in total. The lowest BCUT2D eigenvalue weighted by molar-refractivity contribution is -0.129. The Morgan fingerprint density at radius 1 is 1.32 bits per heavy atom. The van der Waals surface area contributed by atoms with E-state index in [9.17, 15) is 9.59 Å². The van der Waals surface area contributed by atoms with Crippen molar-refractivity contribution < 1.29 is 9.59 Å². The van der Waals surface area contributed by atoms with Crippen LogP contribution < -0.4 is 11.1 Å². The van der Waals surface area contributed by atoms with Gasteiger partial charge in [0.05, 0.1) is 5.56 Å². The van der Waals surface area contributed by atoms with Gasteiger partial charge in [-0.3, -0.25) is 9.59 Å². The van der Waals surface area contributed by atoms with Crippen molar-refractivity contribution in [1.29, 1.82) is 0 Å². The normalized spacial score (nSPS) is 14.6. The maximum Gasteiger partial charge on any atom is 0.250 e. The second-order valence-electron chi connectivity index (χ2n) is 6.45. The molecule has 5 nitrogen and oxygen atoms in total. The first-order valence-corrected chi connectivity index (χ1v) is 8.96. The van der Waals surface area contributed by atoms with Gasteiger partial charge in [-0.2, -0.15) is 0 Å². The summed E-state index contributed by atoms with van der Waals surface area (Å²) in [5.41, 5.74) is 7.57. The molecule has 25 heavy (non-hydrogen) atoms. The number of carbonyl (C=O) groups is 2. The van der Waals surface area contributed by atoms with E-state index in [1.54, 1.807) is 13.0 Å². The zero-order valence-corrected chi connectivity index (χ0v) is 15.1. The van der Waals surface area contributed by atoms with Crippen molar-refractivity contribution in [2.45, 2.75) is 52.0 Å². The smallest absolute Gasteiger partial charge is 0.250 e. The number of benzene rings is 1. The van der Waals surface area contributed by atoms with Crippen LogP contribution in [0.3, 0.4) is 0 Å². The molecular weight excluding hydrogens is 314 g/mol. The van der Waals surface area contributed by atoms with Crippen molar-refractivity contribution in [2.24, 2.45) is 5.73 Å². The van der Waals surface area contributed by atoms with E-state index in [1.807, 2.05) is 17.0 Å². The molecular formula is C20H27N3O2. The van der Waals surface area contributed by atoms with E-state index in [2.05, 4.69) is 24.1 Å². The number of rotatable bonds is 5. The molecule has 0 unspecified atom stereocenters. The highest BCUT2D eigenvalue weighted by molar-refractivity contribution is 5.99. The molecule has 0 radical (unpaired) electrons. The summed E-state index contributed by atoms with van der Waals surface area (Å²) in [5, 5.41) is 3.41. The number of carbonyl (C=O) groups excluding carboxylic acids is 2. The van der Waals surface area contributed by atoms with Gasteiger partial charge in [-0.1, -0.05) is 25.2 Å². The van der Waals surface area contributed by atoms with Gasteiger partial charge in [-0.05, 0) is 37.5 Å². The minimum Gasteiger partial charge on any atom is -0.382 e. The first kappa shape index (κ1) is 18.9. The van der Waals surface area contributed by atoms with Crippen LogP contribution in [0.1, 0.15) is 61.9 Å². The number of hydrogen-bond acceptors (Lipinski definition) is 3. The topological polar surface area (TPSA) is 75.4 Å². The fourth-order valence-electron chi connectivity index (χ4n) is 2.94. The minimum absolute atomic E-state index is 0.113. The highest BCUT2D eigenvalue weighted by atomic mass is 16.2. The zero-order valence-electron chi connectivity index (χ0n) is 15.1. The van der Waals surface area contributed by atoms with Gasteiger partial charge in [0.25, 0.3) is 5.91 Å². The molecule has 0 aromatic heterocycles. The molecule has 1 aliphatic heterocycles. The molecule has 1 aromatic rings. The van der Waals surface area contributed by atoms with Crippen LogP contribution in [0.15, 0.2) is 18.2 Å². The van der Waals surface area contributed by atoms with Crippen LogP contribution in [0.5, 0.6) is 0 Å². The molecule has 1 aromatic carbocycles. The second kappa shape index (κ2) is 9.12. The summed E-state index contributed by atoms with van der Waals surface area (Å²) in [6, 6.07) is 5.78. The van der Waals surface area contributed by atoms with Gasteiger partial charge in [0.2, 0.25) is 5.91 Å². The third-order valence-electron chi connectivity index (χ3n) is 4.47. The summed E-state index contributed by atoms with van der Waals surface area (Å²) in [7, 11) is 0. The lowest BCUT2D eigenvalue weighted by Crippen LogP contribution is -2.41. The summed E-state index contributed by atoms with van der Waals surface area (Å²) >= 11 is 0. The number of piperidine rings is 1. The number of unbranched alkanes of at least 4 members (excludes halogenated alkanes) is 2. The highest BCUT2D eigenvalue weighted by Gasteiger charge is 2.21. The fourth-order valence-corrected chi connectivity index (χ4v) is 2.94. The van der Waals surface area contributed by atoms with E-state index in [0.29, 0.717) is 5.56 Å². The molecule has 0 aliphatic carbocycles. The van der Waals surface area contributed by atoms with Gasteiger partial charge in [0.1, 0.15) is 0 Å². The maximum atomic E-state index is 11.8. The van der Waals surface area contributed by atoms with E-state index < -0.39 is 5.91 Å². The van der Waals surface area contributed by atoms with Crippen molar-refractivity contribution in [3.05, 3.63) is 29.3 Å². The van der Waals surface area contributed by atoms with E-state index in [0.717, 1.165) is 56.4 Å². The van der Waals surface area contributed by atoms with Gasteiger partial charge >= 0.3 is 0 Å². The number of primary amides is 1. The Morgan fingerprint density at radius 2 is 2.04 bits per heavy atom. The van der Waals surface area contributed by atoms with Crippen molar-refractivity contribution in [3.8, 4) is 11.8 Å². The average molecular weight is 341 g/mol. The highest BCUT2D eigenvalue weighted by Crippen LogP contribution is 2.21. The fraction of sp³-hybridized carbons (Fsp3) is 0.500. The molecule has 2 amide bonds. The Hall–Kier alpha value is -2.48. The Bertz CT molecular complexity index is 680. The molecule has 1 aliphatic rings. The predicted octanol–water partition coefficient (Wildman–Crippen LogP) is 2.75. The lowest BCUT2D eigenvalue weighted by atomic mass is 10.0. The van der Waals surface area contributed by atoms with Gasteiger partial charge in [-0.25, -0.2) is 0 Å². The van der Waals surface area contributed by atoms with Crippen LogP contribution in [-0.2, 0) is 4.79 Å². The Kier molecular flexibility index (Phi) is 6.88. The molecule has 134 valence electrons. The van der Waals surface area contributed by atoms with Crippen LogP contribution in [-0.4, -0.2) is 35.8 Å². The van der Waals surface area contributed by atoms with Crippen molar-refractivity contribution in [3.63, 3.8) is 0 Å². The van der Waals surface area contributed by atoms with Gasteiger partial charge in [0, 0.05) is 43.7 Å². The number of hydrogen-bond donors (Lipinski definition) is 2. The van der Waals surface area contributed by atoms with Gasteiger partial charge < -0.3 is 16.0 Å². The minimum atomic E-state index is -0.458. The predicted molar refractivity (Wildman–Crippen MR) is 100 cm³/mol. The Morgan fingerprint density at radius 3 is 2.64 bits per heavy atom. The zero-order chi connectivity index (χ0) is 18.2. The van der Waals surface area contributed by atoms with Crippen LogP contribution in [0.25, 0.3) is 0 Å². The molecule has 1 saturated heterocycles. The van der Waals surface area contributed by atoms with Crippen molar-refractivity contribution in [2.75, 3.05) is 18.4 Å². The molecule has 0 bridgehead atoms. The second-order valence-corrected chi connectivity index (χ2v) is 6.45. The first-order valence-electron chi connectivity index (χ1n) is 8.96. The molecule has 1 heterocycles. The standard InChI is InChI=1S/C20H27N3O2/c1-3-4-5-6-7-16-8-9-19(18(14-16)20(21)25)22-17-10-12-23(13-11-17)15(2)24/h8-9,14,17,22H,3-5,10-13H2,1-2H3,(H2,21,25). The molecule has 0 saturated carbocycles. The van der Waals surface area contributed by atoms with Crippen LogP contribution in [0.4, 0.5) is 5.69 Å². The number of likely N-dealkylation sites (tertiary alicyclic amines) is 1. The first-order chi connectivity index (χ1) is 12.0. The van der Waals surface area contributed by atoms with E-state index >= 15 is 0 Å². The monoisotopic (exact) mass is 341 g/mol. The van der Waals surface area contributed by atoms with Gasteiger partial charge in [-0.15, -0.1) is 0 Å². The number of nitrogens with zero attached hydrogens (tertiary/aromatic N) is 1. The quantitative estimate of drug-likeness (QED) is 0.639. The van der Waals surface area contributed by atoms with Crippen LogP contribution in [0.2, 0.25) is 0 Å². The van der Waals surface area contributed by atoms with Crippen molar-refractivity contribution >= 4 is 17.5 Å². The van der Waals surface area contributed by atoms with Gasteiger partial charge in [0.15, 0.2) is 0 Å². The third-order valence-corrected chi connectivity index (χ3v) is 4.47. The molecule has 2 rings (SSSR count). The molecule has 5 heteroatoms. The van der Waals surface area contributed by atoms with Crippen molar-refractivity contribution in [1.82, 2.24) is 4.90 Å². The lowest BCUT2D eigenvalue weighted by Gasteiger charge is -2.32. The number of nitrogens with two attached hydrogens (primary N) is 1. The van der Waals surface area contributed by atoms with E-state index in [4.69, 9.17) is 5.73 Å². The number of amides is 2. The largest absolute Gasteiger partial charge is 0.382 e. The van der Waals surface area contributed by atoms with Crippen LogP contribution in [0, 0.1) is 11.8 Å². The molecule has 1 fully saturated rings. The average Bonchev–Trinajstić information content (AvgIpc) is 2.60. The maximum absolute atomic E-state index is 11.8. The number of nitrogens with one attached hydrogen (secondary N) is 1. The number of anilines is 1. The summed E-state index contributed by atoms with van der Waals surface area (Å²) < 4.78 is 0. The molecule has 0 spiro atoms. The Labute approximate surface area is 150 Å². The van der Waals surface area contributed by atoms with E-state index in [-0.39, 0.29) is 11.9 Å². The summed E-state index contributed by atoms with van der Waals surface area (Å²) in [5.74, 6) is 5.87. The van der Waals surface area contributed by atoms with Crippen LogP contribution >= 0.6 is 0 Å². The van der Waals surface area contributed by atoms with E-state index in [1.165, 1.54) is 0 Å². The summed E-state index contributed by atoms with van der Waals surface area (Å²) in [4.78, 5) is 25.1. The summed E-state index contributed by atoms with van der Waals surface area (Å²) in [6.45, 7) is 5.20. The summed E-state index contributed by atoms with van der Waals surface area (Å²) in [6.07, 6.45) is 4.77. The SMILES string of the molecule is CCCCC#Cc1ccc(NC2CCN(C(C)=O)CC2)c(C(N)=O)c1. The molecule has 0 atom stereocenters.